The van der Waals surface area contributed by atoms with E-state index in [0.717, 1.165) is 22.5 Å². The van der Waals surface area contributed by atoms with Crippen LogP contribution in [-0.4, -0.2) is 28.8 Å². The number of fused-ring (bicyclic) bond motifs is 3. The highest BCUT2D eigenvalue weighted by atomic mass is 32.1. The van der Waals surface area contributed by atoms with Crippen LogP contribution < -0.4 is 5.32 Å². The molecule has 1 aromatic heterocycles. The van der Waals surface area contributed by atoms with Crippen LogP contribution in [0.1, 0.15) is 63.7 Å². The number of aromatic carboxylic acids is 1. The van der Waals surface area contributed by atoms with Gasteiger partial charge in [0.05, 0.1) is 16.7 Å². The van der Waals surface area contributed by atoms with Crippen LogP contribution in [-0.2, 0) is 4.74 Å². The van der Waals surface area contributed by atoms with Gasteiger partial charge in [-0.3, -0.25) is 0 Å². The summed E-state index contributed by atoms with van der Waals surface area (Å²) < 4.78 is 5.66. The molecule has 0 radical (unpaired) electrons. The first kappa shape index (κ1) is 22.0. The highest BCUT2D eigenvalue weighted by Gasteiger charge is 2.30. The first-order chi connectivity index (χ1) is 15.3. The number of aryl methyl sites for hydroxylation is 1. The molecule has 1 amide bonds. The number of carboxylic acid groups (broad SMARTS) is 1. The largest absolute Gasteiger partial charge is 0.477 e. The number of carboxylic acids is 1. The topological polar surface area (TPSA) is 88.5 Å². The van der Waals surface area contributed by atoms with E-state index in [9.17, 15) is 14.7 Å². The van der Waals surface area contributed by atoms with Crippen molar-refractivity contribution in [1.29, 1.82) is 0 Å². The number of nitrogens with zero attached hydrogens (tertiary/aromatic N) is 1. The van der Waals surface area contributed by atoms with E-state index in [-0.39, 0.29) is 23.3 Å². The number of carbonyl (C=O) groups excluding carboxylic acids is 1. The Kier molecular flexibility index (Phi) is 6.28. The molecule has 0 spiro atoms. The third-order valence-electron chi connectivity index (χ3n) is 5.63. The fourth-order valence-corrected chi connectivity index (χ4v) is 5.14. The minimum atomic E-state index is -1.03. The van der Waals surface area contributed by atoms with Gasteiger partial charge in [-0.1, -0.05) is 62.4 Å². The molecule has 2 aromatic carbocycles. The van der Waals surface area contributed by atoms with Gasteiger partial charge in [0, 0.05) is 5.92 Å². The molecule has 32 heavy (non-hydrogen) atoms. The van der Waals surface area contributed by atoms with Gasteiger partial charge in [0.25, 0.3) is 0 Å². The van der Waals surface area contributed by atoms with Crippen molar-refractivity contribution in [2.24, 2.45) is 5.92 Å². The molecule has 6 nitrogen and oxygen atoms in total. The summed E-state index contributed by atoms with van der Waals surface area (Å²) in [7, 11) is 0. The first-order valence-electron chi connectivity index (χ1n) is 10.7. The third kappa shape index (κ3) is 4.39. The number of hydrogen-bond acceptors (Lipinski definition) is 5. The minimum Gasteiger partial charge on any atom is -0.477 e. The van der Waals surface area contributed by atoms with Gasteiger partial charge in [-0.2, -0.15) is 0 Å². The summed E-state index contributed by atoms with van der Waals surface area (Å²) in [6.07, 6.45) is -0.00676. The number of carbonyl (C=O) groups is 2. The zero-order valence-electron chi connectivity index (χ0n) is 18.3. The Balaban J connectivity index is 1.51. The zero-order valence-corrected chi connectivity index (χ0v) is 19.1. The van der Waals surface area contributed by atoms with E-state index in [0.29, 0.717) is 17.1 Å². The van der Waals surface area contributed by atoms with Crippen LogP contribution in [0.15, 0.2) is 48.5 Å². The van der Waals surface area contributed by atoms with Crippen LogP contribution in [0, 0.1) is 12.8 Å². The fourth-order valence-electron chi connectivity index (χ4n) is 4.33. The number of nitrogens with one attached hydrogen (secondary N) is 1. The van der Waals surface area contributed by atoms with Crippen LogP contribution in [0.25, 0.3) is 11.1 Å². The van der Waals surface area contributed by atoms with E-state index in [1.807, 2.05) is 38.1 Å². The van der Waals surface area contributed by atoms with E-state index in [1.54, 1.807) is 6.92 Å². The van der Waals surface area contributed by atoms with E-state index >= 15 is 0 Å². The molecule has 0 saturated heterocycles. The molecule has 3 aromatic rings. The summed E-state index contributed by atoms with van der Waals surface area (Å²) in [5.74, 6) is -0.834. The summed E-state index contributed by atoms with van der Waals surface area (Å²) in [5.41, 5.74) is 5.01. The van der Waals surface area contributed by atoms with Crippen LogP contribution in [0.3, 0.4) is 0 Å². The number of amides is 1. The van der Waals surface area contributed by atoms with Crippen LogP contribution >= 0.6 is 11.3 Å². The summed E-state index contributed by atoms with van der Waals surface area (Å²) in [6, 6.07) is 15.8. The van der Waals surface area contributed by atoms with E-state index in [1.165, 1.54) is 11.1 Å². The molecule has 1 heterocycles. The molecule has 0 bridgehead atoms. The quantitative estimate of drug-likeness (QED) is 0.477. The van der Waals surface area contributed by atoms with Crippen molar-refractivity contribution in [3.8, 4) is 11.1 Å². The van der Waals surface area contributed by atoms with E-state index < -0.39 is 18.1 Å². The Morgan fingerprint density at radius 3 is 2.25 bits per heavy atom. The Morgan fingerprint density at radius 2 is 1.69 bits per heavy atom. The lowest BCUT2D eigenvalue weighted by molar-refractivity contribution is 0.0698. The summed E-state index contributed by atoms with van der Waals surface area (Å²) in [4.78, 5) is 29.0. The van der Waals surface area contributed by atoms with Crippen LogP contribution in [0.2, 0.25) is 0 Å². The molecule has 0 aliphatic heterocycles. The highest BCUT2D eigenvalue weighted by molar-refractivity contribution is 7.13. The van der Waals surface area contributed by atoms with Crippen molar-refractivity contribution >= 4 is 23.4 Å². The maximum atomic E-state index is 12.8. The number of benzene rings is 2. The van der Waals surface area contributed by atoms with E-state index in [2.05, 4.69) is 34.6 Å². The molecular weight excluding hydrogens is 424 g/mol. The van der Waals surface area contributed by atoms with Crippen molar-refractivity contribution in [3.63, 3.8) is 0 Å². The predicted octanol–water partition coefficient (Wildman–Crippen LogP) is 5.78. The number of aromatic nitrogens is 1. The number of thiazole rings is 1. The van der Waals surface area contributed by atoms with Gasteiger partial charge in [0.2, 0.25) is 0 Å². The highest BCUT2D eigenvalue weighted by Crippen LogP contribution is 2.44. The second-order valence-corrected chi connectivity index (χ2v) is 9.61. The average molecular weight is 451 g/mol. The third-order valence-corrected chi connectivity index (χ3v) is 6.60. The lowest BCUT2D eigenvalue weighted by atomic mass is 9.98. The minimum absolute atomic E-state index is 0.0344. The van der Waals surface area contributed by atoms with Crippen molar-refractivity contribution in [1.82, 2.24) is 10.3 Å². The Hall–Kier alpha value is -3.19. The molecule has 1 aliphatic carbocycles. The van der Waals surface area contributed by atoms with Crippen LogP contribution in [0.5, 0.6) is 0 Å². The Bertz CT molecular complexity index is 1110. The van der Waals surface area contributed by atoms with Crippen molar-refractivity contribution in [2.75, 3.05) is 6.61 Å². The Labute approximate surface area is 191 Å². The monoisotopic (exact) mass is 450 g/mol. The molecule has 2 N–H and O–H groups in total. The second-order valence-electron chi connectivity index (χ2n) is 8.40. The lowest BCUT2D eigenvalue weighted by Gasteiger charge is -2.21. The maximum absolute atomic E-state index is 12.8. The van der Waals surface area contributed by atoms with E-state index in [4.69, 9.17) is 4.74 Å². The fraction of sp³-hybridized carbons (Fsp3) is 0.320. The van der Waals surface area contributed by atoms with Gasteiger partial charge >= 0.3 is 12.1 Å². The average Bonchev–Trinajstić information content (AvgIpc) is 3.30. The maximum Gasteiger partial charge on any atom is 0.407 e. The second kappa shape index (κ2) is 9.12. The lowest BCUT2D eigenvalue weighted by Crippen LogP contribution is -2.32. The number of rotatable bonds is 7. The summed E-state index contributed by atoms with van der Waals surface area (Å²) >= 11 is 1.12. The number of ether oxygens (including phenoxy) is 1. The molecule has 1 atom stereocenters. The van der Waals surface area contributed by atoms with Gasteiger partial charge in [-0.05, 0) is 41.5 Å². The summed E-state index contributed by atoms with van der Waals surface area (Å²) in [6.45, 7) is 6.01. The molecule has 1 aliphatic rings. The smallest absolute Gasteiger partial charge is 0.407 e. The summed E-state index contributed by atoms with van der Waals surface area (Å²) in [5, 5.41) is 13.1. The molecule has 7 heteroatoms. The molecule has 4 rings (SSSR count). The van der Waals surface area contributed by atoms with Crippen molar-refractivity contribution in [2.45, 2.75) is 39.2 Å². The van der Waals surface area contributed by atoms with Crippen molar-refractivity contribution in [3.05, 3.63) is 75.2 Å². The van der Waals surface area contributed by atoms with Gasteiger partial charge in [0.15, 0.2) is 0 Å². The van der Waals surface area contributed by atoms with Gasteiger partial charge in [0.1, 0.15) is 11.5 Å². The molecule has 166 valence electrons. The van der Waals surface area contributed by atoms with Gasteiger partial charge < -0.3 is 15.2 Å². The first-order valence-corrected chi connectivity index (χ1v) is 11.5. The number of hydrogen-bond donors (Lipinski definition) is 2. The Morgan fingerprint density at radius 1 is 1.09 bits per heavy atom. The van der Waals surface area contributed by atoms with Crippen LogP contribution in [0.4, 0.5) is 4.79 Å². The SMILES string of the molecule is Cc1nc([C@H](CC(C)C)NC(=O)OCC2c3ccccc3-c3ccccc32)c(C(=O)O)s1. The molecule has 0 fully saturated rings. The predicted molar refractivity (Wildman–Crippen MR) is 124 cm³/mol. The molecular formula is C25H26N2O4S. The van der Waals surface area contributed by atoms with Gasteiger partial charge in [-0.15, -0.1) is 11.3 Å². The van der Waals surface area contributed by atoms with Crippen molar-refractivity contribution < 1.29 is 19.4 Å². The normalized spacial score (nSPS) is 13.5. The number of alkyl carbamates (subject to hydrolysis) is 1. The zero-order chi connectivity index (χ0) is 22.8. The standard InChI is InChI=1S/C25H26N2O4S/c1-14(2)12-21(22-23(24(28)29)32-15(3)26-22)27-25(30)31-13-20-18-10-6-4-8-16(18)17-9-5-7-11-19(17)20/h4-11,14,20-21H,12-13H2,1-3H3,(H,27,30)(H,28,29)/t21-/m0/s1. The molecule has 0 unspecified atom stereocenters. The molecule has 0 saturated carbocycles. The van der Waals surface area contributed by atoms with Gasteiger partial charge in [-0.25, -0.2) is 14.6 Å².